The molecular formula is C17H17N. The van der Waals surface area contributed by atoms with Gasteiger partial charge in [-0.3, -0.25) is 0 Å². The normalized spacial score (nSPS) is 9.94. The molecule has 0 atom stereocenters. The SMILES string of the molecule is CC(C)c1ccc(N)c(C#Cc2ccccc2)c1. The van der Waals surface area contributed by atoms with Gasteiger partial charge in [-0.15, -0.1) is 0 Å². The number of hydrogen-bond acceptors (Lipinski definition) is 1. The molecule has 0 spiro atoms. The highest BCUT2D eigenvalue weighted by Crippen LogP contribution is 2.19. The quantitative estimate of drug-likeness (QED) is 0.590. The molecule has 0 unspecified atom stereocenters. The van der Waals surface area contributed by atoms with Gasteiger partial charge < -0.3 is 5.73 Å². The minimum atomic E-state index is 0.489. The molecule has 18 heavy (non-hydrogen) atoms. The van der Waals surface area contributed by atoms with Crippen molar-refractivity contribution in [3.63, 3.8) is 0 Å². The van der Waals surface area contributed by atoms with Crippen LogP contribution in [-0.4, -0.2) is 0 Å². The molecule has 0 amide bonds. The van der Waals surface area contributed by atoms with Gasteiger partial charge in [0.1, 0.15) is 0 Å². The lowest BCUT2D eigenvalue weighted by Crippen LogP contribution is -1.94. The van der Waals surface area contributed by atoms with Crippen molar-refractivity contribution in [1.82, 2.24) is 0 Å². The summed E-state index contributed by atoms with van der Waals surface area (Å²) in [5.74, 6) is 6.78. The Balaban J connectivity index is 2.35. The summed E-state index contributed by atoms with van der Waals surface area (Å²) in [5.41, 5.74) is 9.87. The van der Waals surface area contributed by atoms with Gasteiger partial charge in [0, 0.05) is 16.8 Å². The highest BCUT2D eigenvalue weighted by Gasteiger charge is 2.02. The topological polar surface area (TPSA) is 26.0 Å². The van der Waals surface area contributed by atoms with E-state index in [1.54, 1.807) is 0 Å². The zero-order valence-corrected chi connectivity index (χ0v) is 10.8. The van der Waals surface area contributed by atoms with Crippen molar-refractivity contribution in [1.29, 1.82) is 0 Å². The fourth-order valence-electron chi connectivity index (χ4n) is 1.70. The molecule has 1 nitrogen and oxygen atoms in total. The van der Waals surface area contributed by atoms with E-state index in [4.69, 9.17) is 5.73 Å². The van der Waals surface area contributed by atoms with Gasteiger partial charge in [0.2, 0.25) is 0 Å². The lowest BCUT2D eigenvalue weighted by molar-refractivity contribution is 0.866. The summed E-state index contributed by atoms with van der Waals surface area (Å²) >= 11 is 0. The Bertz CT molecular complexity index is 586. The first-order valence-electron chi connectivity index (χ1n) is 6.13. The van der Waals surface area contributed by atoms with E-state index in [0.29, 0.717) is 5.92 Å². The highest BCUT2D eigenvalue weighted by molar-refractivity contribution is 5.59. The predicted molar refractivity (Wildman–Crippen MR) is 77.4 cm³/mol. The van der Waals surface area contributed by atoms with Crippen molar-refractivity contribution in [2.45, 2.75) is 19.8 Å². The van der Waals surface area contributed by atoms with E-state index < -0.39 is 0 Å². The molecule has 0 aliphatic carbocycles. The third-order valence-corrected chi connectivity index (χ3v) is 2.86. The second kappa shape index (κ2) is 5.42. The molecule has 1 heteroatoms. The Labute approximate surface area is 109 Å². The van der Waals surface area contributed by atoms with Crippen LogP contribution in [0.25, 0.3) is 0 Å². The second-order valence-corrected chi connectivity index (χ2v) is 4.62. The van der Waals surface area contributed by atoms with Gasteiger partial charge in [0.25, 0.3) is 0 Å². The second-order valence-electron chi connectivity index (χ2n) is 4.62. The van der Waals surface area contributed by atoms with Crippen molar-refractivity contribution < 1.29 is 0 Å². The van der Waals surface area contributed by atoms with Crippen LogP contribution in [-0.2, 0) is 0 Å². The molecule has 0 aromatic heterocycles. The van der Waals surface area contributed by atoms with E-state index in [2.05, 4.69) is 37.8 Å². The number of nitrogens with two attached hydrogens (primary N) is 1. The fourth-order valence-corrected chi connectivity index (χ4v) is 1.70. The summed E-state index contributed by atoms with van der Waals surface area (Å²) in [6.45, 7) is 4.33. The monoisotopic (exact) mass is 235 g/mol. The Hall–Kier alpha value is -2.20. The molecule has 0 bridgehead atoms. The van der Waals surface area contributed by atoms with Gasteiger partial charge >= 0.3 is 0 Å². The smallest absolute Gasteiger partial charge is 0.0481 e. The van der Waals surface area contributed by atoms with Crippen LogP contribution in [0.3, 0.4) is 0 Å². The van der Waals surface area contributed by atoms with E-state index in [1.807, 2.05) is 36.4 Å². The maximum Gasteiger partial charge on any atom is 0.0481 e. The van der Waals surface area contributed by atoms with E-state index in [0.717, 1.165) is 16.8 Å². The largest absolute Gasteiger partial charge is 0.398 e. The predicted octanol–water partition coefficient (Wildman–Crippen LogP) is 3.79. The Morgan fingerprint density at radius 1 is 0.944 bits per heavy atom. The average Bonchev–Trinajstić information content (AvgIpc) is 2.38. The molecule has 0 fully saturated rings. The maximum absolute atomic E-state index is 5.95. The molecule has 0 aliphatic rings. The maximum atomic E-state index is 5.95. The number of anilines is 1. The van der Waals surface area contributed by atoms with Crippen molar-refractivity contribution in [3.8, 4) is 11.8 Å². The molecule has 0 radical (unpaired) electrons. The summed E-state index contributed by atoms with van der Waals surface area (Å²) in [4.78, 5) is 0. The molecule has 0 aliphatic heterocycles. The van der Waals surface area contributed by atoms with Crippen LogP contribution in [0.2, 0.25) is 0 Å². The van der Waals surface area contributed by atoms with Crippen LogP contribution < -0.4 is 5.73 Å². The van der Waals surface area contributed by atoms with Gasteiger partial charge in [-0.25, -0.2) is 0 Å². The first-order chi connectivity index (χ1) is 8.66. The average molecular weight is 235 g/mol. The third-order valence-electron chi connectivity index (χ3n) is 2.86. The van der Waals surface area contributed by atoms with Crippen LogP contribution in [0.1, 0.15) is 36.5 Å². The Kier molecular flexibility index (Phi) is 3.69. The lowest BCUT2D eigenvalue weighted by Gasteiger charge is -2.07. The summed E-state index contributed by atoms with van der Waals surface area (Å²) in [6.07, 6.45) is 0. The zero-order valence-electron chi connectivity index (χ0n) is 10.8. The minimum absolute atomic E-state index is 0.489. The number of hydrogen-bond donors (Lipinski definition) is 1. The molecule has 2 aromatic carbocycles. The van der Waals surface area contributed by atoms with Crippen molar-refractivity contribution in [2.24, 2.45) is 0 Å². The van der Waals surface area contributed by atoms with Crippen LogP contribution in [0.5, 0.6) is 0 Å². The van der Waals surface area contributed by atoms with Crippen molar-refractivity contribution in [2.75, 3.05) is 5.73 Å². The Morgan fingerprint density at radius 2 is 1.67 bits per heavy atom. The van der Waals surface area contributed by atoms with Gasteiger partial charge in [0.15, 0.2) is 0 Å². The summed E-state index contributed by atoms with van der Waals surface area (Å²) in [7, 11) is 0. The van der Waals surface area contributed by atoms with Crippen LogP contribution in [0.15, 0.2) is 48.5 Å². The number of nitrogen functional groups attached to an aromatic ring is 1. The number of benzene rings is 2. The lowest BCUT2D eigenvalue weighted by atomic mass is 10.00. The van der Waals surface area contributed by atoms with E-state index >= 15 is 0 Å². The summed E-state index contributed by atoms with van der Waals surface area (Å²) in [5, 5.41) is 0. The van der Waals surface area contributed by atoms with Crippen molar-refractivity contribution in [3.05, 3.63) is 65.2 Å². The molecule has 0 saturated heterocycles. The molecular weight excluding hydrogens is 218 g/mol. The van der Waals surface area contributed by atoms with Gasteiger partial charge in [-0.1, -0.05) is 50.0 Å². The summed E-state index contributed by atoms with van der Waals surface area (Å²) < 4.78 is 0. The van der Waals surface area contributed by atoms with E-state index in [-0.39, 0.29) is 0 Å². The minimum Gasteiger partial charge on any atom is -0.398 e. The van der Waals surface area contributed by atoms with E-state index in [1.165, 1.54) is 5.56 Å². The molecule has 2 rings (SSSR count). The Morgan fingerprint density at radius 3 is 2.33 bits per heavy atom. The molecule has 0 heterocycles. The number of rotatable bonds is 1. The van der Waals surface area contributed by atoms with Crippen LogP contribution in [0, 0.1) is 11.8 Å². The first kappa shape index (κ1) is 12.3. The van der Waals surface area contributed by atoms with Gasteiger partial charge in [-0.05, 0) is 35.7 Å². The third kappa shape index (κ3) is 2.93. The summed E-state index contributed by atoms with van der Waals surface area (Å²) in [6, 6.07) is 16.0. The van der Waals surface area contributed by atoms with E-state index in [9.17, 15) is 0 Å². The molecule has 2 N–H and O–H groups in total. The highest BCUT2D eigenvalue weighted by atomic mass is 14.5. The molecule has 0 saturated carbocycles. The van der Waals surface area contributed by atoms with Gasteiger partial charge in [-0.2, -0.15) is 0 Å². The zero-order chi connectivity index (χ0) is 13.0. The fraction of sp³-hybridized carbons (Fsp3) is 0.176. The van der Waals surface area contributed by atoms with Crippen molar-refractivity contribution >= 4 is 5.69 Å². The van der Waals surface area contributed by atoms with Crippen LogP contribution in [0.4, 0.5) is 5.69 Å². The molecule has 2 aromatic rings. The molecule has 90 valence electrons. The standard InChI is InChI=1S/C17H17N/c1-13(2)15-10-11-17(18)16(12-15)9-8-14-6-4-3-5-7-14/h3-7,10-13H,18H2,1-2H3. The van der Waals surface area contributed by atoms with Crippen LogP contribution >= 0.6 is 0 Å². The first-order valence-corrected chi connectivity index (χ1v) is 6.13. The van der Waals surface area contributed by atoms with Gasteiger partial charge in [0.05, 0.1) is 0 Å².